The minimum Gasteiger partial charge on any atom is -0.497 e. The van der Waals surface area contributed by atoms with E-state index in [9.17, 15) is 9.59 Å². The van der Waals surface area contributed by atoms with Crippen molar-refractivity contribution in [1.82, 2.24) is 39.7 Å². The average Bonchev–Trinajstić information content (AvgIpc) is 3.85. The molecule has 0 atom stereocenters. The Labute approximate surface area is 316 Å². The fourth-order valence-corrected chi connectivity index (χ4v) is 6.72. The molecule has 14 nitrogen and oxygen atoms in total. The summed E-state index contributed by atoms with van der Waals surface area (Å²) in [5, 5.41) is 3.07. The zero-order chi connectivity index (χ0) is 37.9. The summed E-state index contributed by atoms with van der Waals surface area (Å²) in [6, 6.07) is 24.7. The summed E-state index contributed by atoms with van der Waals surface area (Å²) >= 11 is 0. The Bertz CT molecular complexity index is 2570. The Hall–Kier alpha value is -6.51. The van der Waals surface area contributed by atoms with Gasteiger partial charge in [-0.15, -0.1) is 0 Å². The van der Waals surface area contributed by atoms with Crippen molar-refractivity contribution in [2.75, 3.05) is 71.6 Å². The molecule has 1 fully saturated rings. The van der Waals surface area contributed by atoms with E-state index in [0.29, 0.717) is 30.2 Å². The van der Waals surface area contributed by atoms with Crippen molar-refractivity contribution in [1.29, 1.82) is 0 Å². The number of nitrogens with zero attached hydrogens (tertiary/aromatic N) is 6. The van der Waals surface area contributed by atoms with Gasteiger partial charge in [0.2, 0.25) is 0 Å². The molecule has 4 aromatic carbocycles. The lowest BCUT2D eigenvalue weighted by Gasteiger charge is -2.34. The first-order valence-electron chi connectivity index (χ1n) is 18.1. The van der Waals surface area contributed by atoms with Crippen LogP contribution in [-0.4, -0.2) is 107 Å². The summed E-state index contributed by atoms with van der Waals surface area (Å²) in [5.41, 5.74) is 6.82. The minimum absolute atomic E-state index is 0.143. The van der Waals surface area contributed by atoms with Crippen LogP contribution >= 0.6 is 0 Å². The molecule has 1 aliphatic heterocycles. The molecule has 3 aromatic heterocycles. The maximum atomic E-state index is 13.1. The maximum absolute atomic E-state index is 13.1. The summed E-state index contributed by atoms with van der Waals surface area (Å²) in [6.07, 6.45) is 1.37. The molecule has 0 spiro atoms. The Morgan fingerprint density at radius 3 is 2.25 bits per heavy atom. The quantitative estimate of drug-likeness (QED) is 0.136. The second kappa shape index (κ2) is 15.5. The number of carbonyl (C=O) groups is 1. The smallest absolute Gasteiger partial charge is 0.327 e. The van der Waals surface area contributed by atoms with Gasteiger partial charge in [0.15, 0.2) is 0 Å². The van der Waals surface area contributed by atoms with Crippen LogP contribution in [0.25, 0.3) is 61.8 Å². The lowest BCUT2D eigenvalue weighted by molar-refractivity contribution is 0.103. The van der Waals surface area contributed by atoms with Crippen molar-refractivity contribution < 1.29 is 19.0 Å². The predicted octanol–water partition coefficient (Wildman–Crippen LogP) is 5.54. The SMILES string of the molecule is C=Cc1nc(=O)c2cc(OC)ccc2n1C(=O)NCCOCCOc1ccc(-c2nc3ccc(-c4nc5ccc(N6CCN(C)CC6)cc5[nH]4)cc3[nH]2)cc1. The van der Waals surface area contributed by atoms with E-state index >= 15 is 0 Å². The molecule has 7 aromatic rings. The molecule has 8 rings (SSSR count). The highest BCUT2D eigenvalue weighted by molar-refractivity contribution is 5.92. The topological polar surface area (TPSA) is 156 Å². The Morgan fingerprint density at radius 2 is 1.51 bits per heavy atom. The van der Waals surface area contributed by atoms with Crippen LogP contribution in [-0.2, 0) is 4.74 Å². The molecule has 0 bridgehead atoms. The van der Waals surface area contributed by atoms with Gasteiger partial charge in [0.1, 0.15) is 35.6 Å². The molecular weight excluding hydrogens is 699 g/mol. The first kappa shape index (κ1) is 35.5. The molecule has 0 unspecified atom stereocenters. The molecular formula is C41H41N9O5. The van der Waals surface area contributed by atoms with Crippen LogP contribution in [0.2, 0.25) is 0 Å². The van der Waals surface area contributed by atoms with Gasteiger partial charge in [0, 0.05) is 49.5 Å². The third kappa shape index (κ3) is 7.50. The number of methoxy groups -OCH3 is 1. The van der Waals surface area contributed by atoms with Crippen LogP contribution in [0.1, 0.15) is 5.82 Å². The van der Waals surface area contributed by atoms with E-state index in [1.54, 1.807) is 18.2 Å². The van der Waals surface area contributed by atoms with Gasteiger partial charge in [0.25, 0.3) is 5.56 Å². The number of ether oxygens (including phenoxy) is 3. The number of likely N-dealkylation sites (N-methyl/N-ethyl adjacent to an activating group) is 1. The molecule has 55 heavy (non-hydrogen) atoms. The standard InChI is InChI=1S/C41H41N9O5/c1-4-37-47-40(51)31-25-30(53-3)11-14-36(31)50(37)41(52)42-15-20-54-21-22-55-29-9-5-26(6-10-29)38-43-32-12-7-27(23-34(32)45-38)39-44-33-13-8-28(24-35(33)46-39)49-18-16-48(2)17-19-49/h4-14,23-25H,1,15-22H2,2-3H3,(H,42,52)(H,43,45)(H,44,46). The zero-order valence-electron chi connectivity index (χ0n) is 30.7. The molecule has 1 amide bonds. The molecule has 280 valence electrons. The van der Waals surface area contributed by atoms with Crippen LogP contribution < -0.4 is 25.2 Å². The molecule has 1 saturated heterocycles. The largest absolute Gasteiger partial charge is 0.497 e. The highest BCUT2D eigenvalue weighted by Crippen LogP contribution is 2.29. The summed E-state index contributed by atoms with van der Waals surface area (Å²) in [7, 11) is 3.67. The van der Waals surface area contributed by atoms with Gasteiger partial charge >= 0.3 is 6.03 Å². The number of benzene rings is 4. The molecule has 1 aliphatic rings. The molecule has 0 saturated carbocycles. The zero-order valence-corrected chi connectivity index (χ0v) is 30.7. The second-order valence-corrected chi connectivity index (χ2v) is 13.3. The van der Waals surface area contributed by atoms with Gasteiger partial charge in [-0.3, -0.25) is 4.79 Å². The summed E-state index contributed by atoms with van der Waals surface area (Å²) in [4.78, 5) is 51.0. The van der Waals surface area contributed by atoms with Crippen molar-refractivity contribution in [3.05, 3.63) is 102 Å². The number of aromatic amines is 2. The van der Waals surface area contributed by atoms with Crippen LogP contribution in [0, 0.1) is 0 Å². The number of hydrogen-bond donors (Lipinski definition) is 3. The van der Waals surface area contributed by atoms with Crippen molar-refractivity contribution in [2.24, 2.45) is 0 Å². The first-order valence-corrected chi connectivity index (χ1v) is 18.1. The van der Waals surface area contributed by atoms with E-state index in [1.165, 1.54) is 23.4 Å². The van der Waals surface area contributed by atoms with E-state index in [2.05, 4.69) is 68.0 Å². The number of rotatable bonds is 12. The Morgan fingerprint density at radius 1 is 0.818 bits per heavy atom. The van der Waals surface area contributed by atoms with Crippen LogP contribution in [0.15, 0.2) is 90.2 Å². The van der Waals surface area contributed by atoms with Crippen LogP contribution in [0.5, 0.6) is 11.5 Å². The van der Waals surface area contributed by atoms with Crippen molar-refractivity contribution in [2.45, 2.75) is 0 Å². The van der Waals surface area contributed by atoms with E-state index in [4.69, 9.17) is 24.2 Å². The third-order valence-corrected chi connectivity index (χ3v) is 9.74. The fourth-order valence-electron chi connectivity index (χ4n) is 6.72. The Balaban J connectivity index is 0.827. The van der Waals surface area contributed by atoms with Crippen molar-refractivity contribution in [3.63, 3.8) is 0 Å². The lowest BCUT2D eigenvalue weighted by Crippen LogP contribution is -2.44. The molecule has 4 heterocycles. The van der Waals surface area contributed by atoms with Gasteiger partial charge in [-0.1, -0.05) is 6.58 Å². The van der Waals surface area contributed by atoms with Gasteiger partial charge in [-0.25, -0.2) is 19.3 Å². The number of hydrogen-bond acceptors (Lipinski definition) is 10. The predicted molar refractivity (Wildman–Crippen MR) is 214 cm³/mol. The summed E-state index contributed by atoms with van der Waals surface area (Å²) in [5.74, 6) is 2.92. The number of H-pyrrole nitrogens is 2. The number of carbonyl (C=O) groups excluding carboxylic acids is 1. The number of nitrogens with one attached hydrogen (secondary N) is 3. The van der Waals surface area contributed by atoms with Crippen molar-refractivity contribution >= 4 is 50.8 Å². The Kier molecular flexibility index (Phi) is 9.98. The highest BCUT2D eigenvalue weighted by atomic mass is 16.5. The monoisotopic (exact) mass is 739 g/mol. The van der Waals surface area contributed by atoms with Crippen LogP contribution in [0.4, 0.5) is 10.5 Å². The average molecular weight is 740 g/mol. The van der Waals surface area contributed by atoms with E-state index in [0.717, 1.165) is 71.0 Å². The minimum atomic E-state index is -0.468. The number of piperazine rings is 1. The van der Waals surface area contributed by atoms with Gasteiger partial charge in [-0.05, 0) is 92.0 Å². The second-order valence-electron chi connectivity index (χ2n) is 13.3. The van der Waals surface area contributed by atoms with E-state index in [-0.39, 0.29) is 24.4 Å². The van der Waals surface area contributed by atoms with E-state index < -0.39 is 11.6 Å². The molecule has 14 heteroatoms. The molecule has 0 radical (unpaired) electrons. The van der Waals surface area contributed by atoms with Gasteiger partial charge in [-0.2, -0.15) is 4.98 Å². The number of anilines is 1. The van der Waals surface area contributed by atoms with Gasteiger partial charge in [0.05, 0.1) is 53.3 Å². The number of aromatic nitrogens is 6. The lowest BCUT2D eigenvalue weighted by atomic mass is 10.2. The number of imidazole rings is 2. The normalized spacial score (nSPS) is 13.5. The maximum Gasteiger partial charge on any atom is 0.327 e. The first-order chi connectivity index (χ1) is 26.9. The molecule has 3 N–H and O–H groups in total. The van der Waals surface area contributed by atoms with Crippen LogP contribution in [0.3, 0.4) is 0 Å². The van der Waals surface area contributed by atoms with E-state index in [1.807, 2.05) is 36.4 Å². The third-order valence-electron chi connectivity index (χ3n) is 9.74. The summed E-state index contributed by atoms with van der Waals surface area (Å²) < 4.78 is 18.1. The van der Waals surface area contributed by atoms with Gasteiger partial charge < -0.3 is 39.3 Å². The number of fused-ring (bicyclic) bond motifs is 3. The number of amides is 1. The highest BCUT2D eigenvalue weighted by Gasteiger charge is 2.17. The fraction of sp³-hybridized carbons (Fsp3) is 0.244. The molecule has 0 aliphatic carbocycles. The van der Waals surface area contributed by atoms with Crippen molar-refractivity contribution in [3.8, 4) is 34.3 Å². The summed E-state index contributed by atoms with van der Waals surface area (Å²) in [6.45, 7) is 9.02.